The molecule has 1 aromatic heterocycles. The van der Waals surface area contributed by atoms with E-state index in [0.29, 0.717) is 23.1 Å². The molecule has 0 aromatic carbocycles. The summed E-state index contributed by atoms with van der Waals surface area (Å²) in [6.07, 6.45) is 0. The normalized spacial score (nSPS) is 13.0. The first-order valence-electron chi connectivity index (χ1n) is 5.30. The van der Waals surface area contributed by atoms with Crippen LogP contribution in [0.1, 0.15) is 18.3 Å². The van der Waals surface area contributed by atoms with Crippen molar-refractivity contribution in [1.82, 2.24) is 15.1 Å². The van der Waals surface area contributed by atoms with Gasteiger partial charge in [-0.05, 0) is 6.92 Å². The zero-order valence-electron chi connectivity index (χ0n) is 9.92. The van der Waals surface area contributed by atoms with Gasteiger partial charge in [-0.25, -0.2) is 0 Å². The summed E-state index contributed by atoms with van der Waals surface area (Å²) in [6.45, 7) is 5.22. The molecule has 0 aliphatic carbocycles. The molecule has 6 heteroatoms. The van der Waals surface area contributed by atoms with Crippen LogP contribution in [0.5, 0.6) is 0 Å². The Morgan fingerprint density at radius 3 is 2.75 bits per heavy atom. The summed E-state index contributed by atoms with van der Waals surface area (Å²) in [6, 6.07) is 0. The molecule has 0 aliphatic rings. The Morgan fingerprint density at radius 1 is 1.56 bits per heavy atom. The van der Waals surface area contributed by atoms with E-state index >= 15 is 0 Å². The Labute approximate surface area is 104 Å². The van der Waals surface area contributed by atoms with Crippen LogP contribution in [-0.4, -0.2) is 32.0 Å². The molecule has 1 atom stereocenters. The van der Waals surface area contributed by atoms with Crippen LogP contribution in [0, 0.1) is 6.92 Å². The molecule has 92 valence electrons. The van der Waals surface area contributed by atoms with Gasteiger partial charge in [0.15, 0.2) is 0 Å². The van der Waals surface area contributed by atoms with Crippen molar-refractivity contribution in [1.29, 1.82) is 0 Å². The zero-order valence-corrected chi connectivity index (χ0v) is 11.5. The summed E-state index contributed by atoms with van der Waals surface area (Å²) in [5.74, 6) is 1.40. The molecule has 1 aromatic rings. The summed E-state index contributed by atoms with van der Waals surface area (Å²) < 4.78 is 13.0. The fraction of sp³-hybridized carbons (Fsp3) is 0.700. The maximum absolute atomic E-state index is 11.2. The minimum absolute atomic E-state index is 0.664. The molecule has 0 aliphatic heterocycles. The lowest BCUT2D eigenvalue weighted by molar-refractivity contribution is 0.637. The van der Waals surface area contributed by atoms with E-state index in [1.807, 2.05) is 20.9 Å². The Kier molecular flexibility index (Phi) is 5.44. The topological polar surface area (TPSA) is 46.9 Å². The molecule has 4 nitrogen and oxygen atoms in total. The Balaban J connectivity index is 2.40. The number of aryl methyl sites for hydroxylation is 2. The average molecular weight is 264 g/mol. The SMILES string of the molecule is CCS(=O)CCNCc1c(Cl)c(C)nn1C. The molecule has 16 heavy (non-hydrogen) atoms. The second-order valence-electron chi connectivity index (χ2n) is 3.58. The van der Waals surface area contributed by atoms with E-state index in [4.69, 9.17) is 11.6 Å². The van der Waals surface area contributed by atoms with Gasteiger partial charge in [-0.1, -0.05) is 18.5 Å². The highest BCUT2D eigenvalue weighted by atomic mass is 35.5. The molecule has 1 heterocycles. The van der Waals surface area contributed by atoms with Crippen LogP contribution >= 0.6 is 11.6 Å². The molecule has 0 radical (unpaired) electrons. The van der Waals surface area contributed by atoms with Gasteiger partial charge in [0.2, 0.25) is 0 Å². The molecule has 0 spiro atoms. The van der Waals surface area contributed by atoms with Crippen molar-refractivity contribution in [3.63, 3.8) is 0 Å². The van der Waals surface area contributed by atoms with Crippen molar-refractivity contribution < 1.29 is 4.21 Å². The number of hydrogen-bond donors (Lipinski definition) is 1. The van der Waals surface area contributed by atoms with Gasteiger partial charge in [0.1, 0.15) is 0 Å². The van der Waals surface area contributed by atoms with Crippen molar-refractivity contribution in [2.24, 2.45) is 7.05 Å². The predicted molar refractivity (Wildman–Crippen MR) is 68.2 cm³/mol. The molecule has 0 bridgehead atoms. The van der Waals surface area contributed by atoms with Crippen LogP contribution in [-0.2, 0) is 24.4 Å². The van der Waals surface area contributed by atoms with Gasteiger partial charge < -0.3 is 5.32 Å². The van der Waals surface area contributed by atoms with Crippen LogP contribution in [0.2, 0.25) is 5.02 Å². The third kappa shape index (κ3) is 3.57. The van der Waals surface area contributed by atoms with Crippen molar-refractivity contribution in [3.05, 3.63) is 16.4 Å². The van der Waals surface area contributed by atoms with E-state index in [2.05, 4.69) is 10.4 Å². The fourth-order valence-electron chi connectivity index (χ4n) is 1.41. The average Bonchev–Trinajstić information content (AvgIpc) is 2.49. The monoisotopic (exact) mass is 263 g/mol. The Bertz CT molecular complexity index is 378. The molecule has 0 amide bonds. The quantitative estimate of drug-likeness (QED) is 0.786. The van der Waals surface area contributed by atoms with Gasteiger partial charge in [-0.3, -0.25) is 8.89 Å². The van der Waals surface area contributed by atoms with Crippen LogP contribution in [0.25, 0.3) is 0 Å². The fourth-order valence-corrected chi connectivity index (χ4v) is 2.30. The van der Waals surface area contributed by atoms with Crippen molar-refractivity contribution in [3.8, 4) is 0 Å². The second-order valence-corrected chi connectivity index (χ2v) is 5.82. The first-order valence-corrected chi connectivity index (χ1v) is 7.16. The summed E-state index contributed by atoms with van der Waals surface area (Å²) in [5.41, 5.74) is 1.82. The third-order valence-electron chi connectivity index (χ3n) is 2.38. The van der Waals surface area contributed by atoms with E-state index in [1.165, 1.54) is 0 Å². The summed E-state index contributed by atoms with van der Waals surface area (Å²) in [5, 5.41) is 8.16. The molecule has 1 unspecified atom stereocenters. The van der Waals surface area contributed by atoms with Gasteiger partial charge in [0.05, 0.1) is 16.4 Å². The van der Waals surface area contributed by atoms with Crippen molar-refractivity contribution in [2.75, 3.05) is 18.1 Å². The smallest absolute Gasteiger partial charge is 0.0860 e. The largest absolute Gasteiger partial charge is 0.310 e. The molecular weight excluding hydrogens is 246 g/mol. The zero-order chi connectivity index (χ0) is 12.1. The molecule has 0 fully saturated rings. The Hall–Kier alpha value is -0.390. The van der Waals surface area contributed by atoms with Crippen LogP contribution in [0.4, 0.5) is 0 Å². The van der Waals surface area contributed by atoms with Gasteiger partial charge in [-0.2, -0.15) is 5.10 Å². The minimum atomic E-state index is -0.708. The summed E-state index contributed by atoms with van der Waals surface area (Å²) in [7, 11) is 1.17. The van der Waals surface area contributed by atoms with Crippen LogP contribution in [0.3, 0.4) is 0 Å². The lowest BCUT2D eigenvalue weighted by Crippen LogP contribution is -2.22. The molecule has 0 saturated carbocycles. The van der Waals surface area contributed by atoms with E-state index in [1.54, 1.807) is 4.68 Å². The van der Waals surface area contributed by atoms with Gasteiger partial charge in [0.25, 0.3) is 0 Å². The second kappa shape index (κ2) is 6.37. The summed E-state index contributed by atoms with van der Waals surface area (Å²) in [4.78, 5) is 0. The lowest BCUT2D eigenvalue weighted by atomic mass is 10.3. The highest BCUT2D eigenvalue weighted by Gasteiger charge is 2.09. The van der Waals surface area contributed by atoms with Gasteiger partial charge in [-0.15, -0.1) is 0 Å². The molecule has 1 N–H and O–H groups in total. The number of nitrogens with one attached hydrogen (secondary N) is 1. The van der Waals surface area contributed by atoms with E-state index in [-0.39, 0.29) is 0 Å². The van der Waals surface area contributed by atoms with E-state index in [0.717, 1.165) is 17.9 Å². The number of halogens is 1. The first kappa shape index (κ1) is 13.7. The Morgan fingerprint density at radius 2 is 2.25 bits per heavy atom. The third-order valence-corrected chi connectivity index (χ3v) is 4.18. The van der Waals surface area contributed by atoms with Crippen molar-refractivity contribution in [2.45, 2.75) is 20.4 Å². The number of hydrogen-bond acceptors (Lipinski definition) is 3. The number of nitrogens with zero attached hydrogens (tertiary/aromatic N) is 2. The molecule has 0 saturated heterocycles. The lowest BCUT2D eigenvalue weighted by Gasteiger charge is -2.05. The molecular formula is C10H18ClN3OS. The maximum atomic E-state index is 11.2. The van der Waals surface area contributed by atoms with E-state index in [9.17, 15) is 4.21 Å². The highest BCUT2D eigenvalue weighted by Crippen LogP contribution is 2.18. The number of aromatic nitrogens is 2. The standard InChI is InChI=1S/C10H18ClN3OS/c1-4-16(15)6-5-12-7-9-10(11)8(2)13-14(9)3/h12H,4-7H2,1-3H3. The van der Waals surface area contributed by atoms with Gasteiger partial charge in [0, 0.05) is 42.4 Å². The minimum Gasteiger partial charge on any atom is -0.310 e. The van der Waals surface area contributed by atoms with Gasteiger partial charge >= 0.3 is 0 Å². The summed E-state index contributed by atoms with van der Waals surface area (Å²) >= 11 is 6.10. The van der Waals surface area contributed by atoms with Crippen LogP contribution < -0.4 is 5.32 Å². The van der Waals surface area contributed by atoms with Crippen molar-refractivity contribution >= 4 is 22.4 Å². The predicted octanol–water partition coefficient (Wildman–Crippen LogP) is 1.24. The molecule has 1 rings (SSSR count). The van der Waals surface area contributed by atoms with Crippen LogP contribution in [0.15, 0.2) is 0 Å². The number of rotatable bonds is 6. The highest BCUT2D eigenvalue weighted by molar-refractivity contribution is 7.84. The van der Waals surface area contributed by atoms with E-state index < -0.39 is 10.8 Å². The maximum Gasteiger partial charge on any atom is 0.0860 e. The first-order chi connectivity index (χ1) is 7.56.